The van der Waals surface area contributed by atoms with Gasteiger partial charge in [-0.2, -0.15) is 0 Å². The molecule has 0 aliphatic carbocycles. The number of benzene rings is 3. The molecule has 0 radical (unpaired) electrons. The molecule has 2 N–H and O–H groups in total. The minimum Gasteiger partial charge on any atom is -0.322 e. The first-order valence-corrected chi connectivity index (χ1v) is 10.4. The molecule has 148 valence electrons. The van der Waals surface area contributed by atoms with Crippen LogP contribution in [-0.4, -0.2) is 22.6 Å². The summed E-state index contributed by atoms with van der Waals surface area (Å²) in [6.07, 6.45) is 1.63. The monoisotopic (exact) mass is 413 g/mol. The van der Waals surface area contributed by atoms with Crippen molar-refractivity contribution in [2.45, 2.75) is 4.90 Å². The Labute approximate surface area is 178 Å². The molecule has 5 nitrogen and oxygen atoms in total. The number of hydrogen-bond acceptors (Lipinski definition) is 4. The van der Waals surface area contributed by atoms with E-state index in [1.807, 2.05) is 72.8 Å². The topological polar surface area (TPSA) is 71.1 Å². The van der Waals surface area contributed by atoms with Gasteiger partial charge in [-0.1, -0.05) is 42.5 Å². The molecule has 0 spiro atoms. The van der Waals surface area contributed by atoms with Gasteiger partial charge in [0.25, 0.3) is 5.91 Å². The van der Waals surface area contributed by atoms with Crippen LogP contribution in [0.2, 0.25) is 0 Å². The Balaban J connectivity index is 1.37. The van der Waals surface area contributed by atoms with Gasteiger partial charge in [0, 0.05) is 22.3 Å². The predicted molar refractivity (Wildman–Crippen MR) is 122 cm³/mol. The third kappa shape index (κ3) is 5.04. The molecular weight excluding hydrogens is 394 g/mol. The van der Waals surface area contributed by atoms with Crippen molar-refractivity contribution < 1.29 is 9.59 Å². The van der Waals surface area contributed by atoms with Gasteiger partial charge in [0.15, 0.2) is 0 Å². The number of fused-ring (bicyclic) bond motifs is 1. The van der Waals surface area contributed by atoms with Crippen molar-refractivity contribution in [2.24, 2.45) is 0 Å². The zero-order valence-corrected chi connectivity index (χ0v) is 16.9. The average molecular weight is 414 g/mol. The van der Waals surface area contributed by atoms with Crippen LogP contribution >= 0.6 is 11.8 Å². The van der Waals surface area contributed by atoms with Crippen LogP contribution in [0.15, 0.2) is 96.0 Å². The molecule has 0 aliphatic heterocycles. The summed E-state index contributed by atoms with van der Waals surface area (Å²) in [5.74, 6) is 0.471. The second-order valence-corrected chi connectivity index (χ2v) is 7.64. The fourth-order valence-corrected chi connectivity index (χ4v) is 3.72. The van der Waals surface area contributed by atoms with Crippen LogP contribution in [0.5, 0.6) is 0 Å². The first-order chi connectivity index (χ1) is 14.7. The number of anilines is 2. The van der Waals surface area contributed by atoms with E-state index in [0.29, 0.717) is 17.1 Å². The third-order valence-electron chi connectivity index (χ3n) is 4.41. The summed E-state index contributed by atoms with van der Waals surface area (Å²) < 4.78 is 0. The number of amides is 2. The summed E-state index contributed by atoms with van der Waals surface area (Å²) in [5, 5.41) is 7.80. The highest BCUT2D eigenvalue weighted by Crippen LogP contribution is 2.23. The molecule has 3 aromatic carbocycles. The Hall–Kier alpha value is -3.64. The fourth-order valence-electron chi connectivity index (χ4n) is 2.96. The summed E-state index contributed by atoms with van der Waals surface area (Å²) in [5.41, 5.74) is 1.28. The molecule has 0 unspecified atom stereocenters. The molecule has 0 bridgehead atoms. The van der Waals surface area contributed by atoms with E-state index in [-0.39, 0.29) is 17.6 Å². The van der Waals surface area contributed by atoms with Crippen LogP contribution in [0.3, 0.4) is 0 Å². The van der Waals surface area contributed by atoms with E-state index >= 15 is 0 Å². The fraction of sp³-hybridized carbons (Fsp3) is 0.0417. The molecular formula is C24H19N3O2S. The van der Waals surface area contributed by atoms with Crippen molar-refractivity contribution >= 4 is 45.9 Å². The van der Waals surface area contributed by atoms with E-state index in [9.17, 15) is 9.59 Å². The number of nitrogens with zero attached hydrogens (tertiary/aromatic N) is 1. The largest absolute Gasteiger partial charge is 0.322 e. The van der Waals surface area contributed by atoms with Crippen LogP contribution in [0, 0.1) is 0 Å². The molecule has 0 fully saturated rings. The second kappa shape index (κ2) is 9.24. The van der Waals surface area contributed by atoms with Crippen molar-refractivity contribution in [2.75, 3.05) is 16.4 Å². The standard InChI is InChI=1S/C24H19N3O2S/c28-23(27-22-10-3-4-13-25-22)16-30-21-9-5-8-20(15-21)26-24(29)19-12-11-17-6-1-2-7-18(17)14-19/h1-15H,16H2,(H,26,29)(H,25,27,28). The van der Waals surface area contributed by atoms with Gasteiger partial charge < -0.3 is 10.6 Å². The maximum atomic E-state index is 12.6. The summed E-state index contributed by atoms with van der Waals surface area (Å²) in [6.45, 7) is 0. The van der Waals surface area contributed by atoms with Gasteiger partial charge >= 0.3 is 0 Å². The van der Waals surface area contributed by atoms with Crippen LogP contribution in [0.1, 0.15) is 10.4 Å². The summed E-state index contributed by atoms with van der Waals surface area (Å²) >= 11 is 1.40. The molecule has 0 aliphatic rings. The molecule has 4 aromatic rings. The highest BCUT2D eigenvalue weighted by Gasteiger charge is 2.09. The van der Waals surface area contributed by atoms with Gasteiger partial charge in [0.05, 0.1) is 5.75 Å². The number of hydrogen-bond donors (Lipinski definition) is 2. The normalized spacial score (nSPS) is 10.5. The molecule has 30 heavy (non-hydrogen) atoms. The van der Waals surface area contributed by atoms with E-state index in [0.717, 1.165) is 15.7 Å². The van der Waals surface area contributed by atoms with E-state index in [2.05, 4.69) is 15.6 Å². The van der Waals surface area contributed by atoms with E-state index in [1.165, 1.54) is 11.8 Å². The van der Waals surface area contributed by atoms with Gasteiger partial charge in [-0.05, 0) is 53.2 Å². The lowest BCUT2D eigenvalue weighted by atomic mass is 10.1. The zero-order chi connectivity index (χ0) is 20.8. The van der Waals surface area contributed by atoms with Crippen LogP contribution in [-0.2, 0) is 4.79 Å². The lowest BCUT2D eigenvalue weighted by molar-refractivity contribution is -0.113. The van der Waals surface area contributed by atoms with E-state index in [4.69, 9.17) is 0 Å². The number of carbonyl (C=O) groups is 2. The van der Waals surface area contributed by atoms with Gasteiger partial charge in [-0.3, -0.25) is 9.59 Å². The predicted octanol–water partition coefficient (Wildman–Crippen LogP) is 5.22. The van der Waals surface area contributed by atoms with Gasteiger partial charge in [0.2, 0.25) is 5.91 Å². The van der Waals surface area contributed by atoms with Gasteiger partial charge in [-0.25, -0.2) is 4.98 Å². The molecule has 0 atom stereocenters. The van der Waals surface area contributed by atoms with Crippen LogP contribution in [0.4, 0.5) is 11.5 Å². The first-order valence-electron chi connectivity index (χ1n) is 9.41. The first kappa shape index (κ1) is 19.7. The minimum absolute atomic E-state index is 0.135. The molecule has 4 rings (SSSR count). The van der Waals surface area contributed by atoms with Crippen molar-refractivity contribution in [1.82, 2.24) is 4.98 Å². The van der Waals surface area contributed by atoms with Crippen molar-refractivity contribution in [3.63, 3.8) is 0 Å². The van der Waals surface area contributed by atoms with Crippen molar-refractivity contribution in [3.05, 3.63) is 96.7 Å². The number of rotatable bonds is 6. The summed E-state index contributed by atoms with van der Waals surface area (Å²) in [4.78, 5) is 29.7. The quantitative estimate of drug-likeness (QED) is 0.425. The Morgan fingerprint density at radius 3 is 2.47 bits per heavy atom. The molecule has 6 heteroatoms. The number of carbonyl (C=O) groups excluding carboxylic acids is 2. The maximum absolute atomic E-state index is 12.6. The molecule has 0 saturated carbocycles. The van der Waals surface area contributed by atoms with E-state index < -0.39 is 0 Å². The zero-order valence-electron chi connectivity index (χ0n) is 16.0. The number of pyridine rings is 1. The Kier molecular flexibility index (Phi) is 6.06. The molecule has 2 amide bonds. The number of aromatic nitrogens is 1. The highest BCUT2D eigenvalue weighted by atomic mass is 32.2. The molecule has 1 aromatic heterocycles. The number of thioether (sulfide) groups is 1. The average Bonchev–Trinajstić information content (AvgIpc) is 2.78. The Morgan fingerprint density at radius 2 is 1.63 bits per heavy atom. The van der Waals surface area contributed by atoms with E-state index in [1.54, 1.807) is 18.3 Å². The number of nitrogens with one attached hydrogen (secondary N) is 2. The highest BCUT2D eigenvalue weighted by molar-refractivity contribution is 8.00. The SMILES string of the molecule is O=C(CSc1cccc(NC(=O)c2ccc3ccccc3c2)c1)Nc1ccccn1. The minimum atomic E-state index is -0.171. The van der Waals surface area contributed by atoms with Crippen molar-refractivity contribution in [3.8, 4) is 0 Å². The Morgan fingerprint density at radius 1 is 0.800 bits per heavy atom. The van der Waals surface area contributed by atoms with Crippen molar-refractivity contribution in [1.29, 1.82) is 0 Å². The summed E-state index contributed by atoms with van der Waals surface area (Å²) in [7, 11) is 0. The maximum Gasteiger partial charge on any atom is 0.255 e. The summed E-state index contributed by atoms with van der Waals surface area (Å²) in [6, 6.07) is 26.4. The second-order valence-electron chi connectivity index (χ2n) is 6.60. The lowest BCUT2D eigenvalue weighted by Gasteiger charge is -2.08. The lowest BCUT2D eigenvalue weighted by Crippen LogP contribution is -2.14. The Bertz CT molecular complexity index is 1200. The van der Waals surface area contributed by atoms with Gasteiger partial charge in [0.1, 0.15) is 5.82 Å². The molecule has 0 saturated heterocycles. The van der Waals surface area contributed by atoms with Crippen LogP contribution < -0.4 is 10.6 Å². The van der Waals surface area contributed by atoms with Gasteiger partial charge in [-0.15, -0.1) is 11.8 Å². The smallest absolute Gasteiger partial charge is 0.255 e. The third-order valence-corrected chi connectivity index (χ3v) is 5.40. The van der Waals surface area contributed by atoms with Crippen LogP contribution in [0.25, 0.3) is 10.8 Å². The molecule has 1 heterocycles.